The van der Waals surface area contributed by atoms with Gasteiger partial charge in [-0.25, -0.2) is 4.99 Å². The number of benzene rings is 2. The van der Waals surface area contributed by atoms with E-state index in [0.717, 1.165) is 49.0 Å². The minimum atomic E-state index is -0.381. The van der Waals surface area contributed by atoms with Crippen molar-refractivity contribution in [1.82, 2.24) is 4.90 Å². The number of halogens is 1. The van der Waals surface area contributed by atoms with Crippen molar-refractivity contribution in [1.29, 1.82) is 0 Å². The van der Waals surface area contributed by atoms with Crippen LogP contribution in [-0.2, 0) is 0 Å². The van der Waals surface area contributed by atoms with Gasteiger partial charge in [-0.1, -0.05) is 18.2 Å². The molecule has 2 aromatic rings. The standard InChI is InChI=1S/C20H24N6O.ClH/c1-27-17-11-9-15(10-12-17)22-19-23-18(21)24-20(25-13-5-6-14-25)26(19)16-7-3-2-4-8-16;/h2-4,7-12,19,22H,5-6,13-14H2,1H3,(H2,21,23);1H. The van der Waals surface area contributed by atoms with E-state index in [1.165, 1.54) is 0 Å². The number of nitrogens with one attached hydrogen (secondary N) is 1. The molecule has 0 amide bonds. The number of ether oxygens (including phenoxy) is 1. The number of aliphatic imine (C=N–C) groups is 2. The van der Waals surface area contributed by atoms with E-state index in [-0.39, 0.29) is 24.7 Å². The normalized spacial score (nSPS) is 18.8. The number of nitrogens with zero attached hydrogens (tertiary/aromatic N) is 4. The Bertz CT molecular complexity index is 834. The predicted octanol–water partition coefficient (Wildman–Crippen LogP) is 3.10. The topological polar surface area (TPSA) is 78.5 Å². The van der Waals surface area contributed by atoms with Gasteiger partial charge in [-0.15, -0.1) is 12.4 Å². The highest BCUT2D eigenvalue weighted by Crippen LogP contribution is 2.26. The van der Waals surface area contributed by atoms with Gasteiger partial charge in [-0.3, -0.25) is 4.90 Å². The van der Waals surface area contributed by atoms with Crippen molar-refractivity contribution in [3.63, 3.8) is 0 Å². The van der Waals surface area contributed by atoms with E-state index in [0.29, 0.717) is 0 Å². The summed E-state index contributed by atoms with van der Waals surface area (Å²) in [6.45, 7) is 1.95. The van der Waals surface area contributed by atoms with Crippen LogP contribution >= 0.6 is 12.4 Å². The molecule has 0 saturated carbocycles. The molecule has 4 rings (SSSR count). The molecule has 7 nitrogen and oxygen atoms in total. The third kappa shape index (κ3) is 4.14. The van der Waals surface area contributed by atoms with Gasteiger partial charge in [0.2, 0.25) is 18.2 Å². The van der Waals surface area contributed by atoms with Gasteiger partial charge in [-0.2, -0.15) is 4.99 Å². The number of para-hydroxylation sites is 1. The van der Waals surface area contributed by atoms with Crippen LogP contribution in [0.3, 0.4) is 0 Å². The molecular formula is C20H25ClN6O. The van der Waals surface area contributed by atoms with Crippen LogP contribution < -0.4 is 20.7 Å². The molecule has 0 bridgehead atoms. The van der Waals surface area contributed by atoms with Crippen molar-refractivity contribution in [3.05, 3.63) is 54.6 Å². The van der Waals surface area contributed by atoms with Crippen molar-refractivity contribution in [2.75, 3.05) is 30.4 Å². The second-order valence-corrected chi connectivity index (χ2v) is 6.55. The highest BCUT2D eigenvalue weighted by atomic mass is 35.5. The quantitative estimate of drug-likeness (QED) is 0.824. The Morgan fingerprint density at radius 1 is 1.04 bits per heavy atom. The number of rotatable bonds is 4. The maximum Gasteiger partial charge on any atom is 0.222 e. The lowest BCUT2D eigenvalue weighted by Crippen LogP contribution is -2.54. The number of methoxy groups -OCH3 is 1. The van der Waals surface area contributed by atoms with E-state index in [4.69, 9.17) is 10.5 Å². The Kier molecular flexibility index (Phi) is 6.26. The van der Waals surface area contributed by atoms with E-state index in [1.54, 1.807) is 7.11 Å². The highest BCUT2D eigenvalue weighted by Gasteiger charge is 2.32. The third-order valence-electron chi connectivity index (χ3n) is 4.74. The summed E-state index contributed by atoms with van der Waals surface area (Å²) in [4.78, 5) is 13.5. The van der Waals surface area contributed by atoms with Crippen LogP contribution in [0.15, 0.2) is 64.6 Å². The number of guanidine groups is 2. The van der Waals surface area contributed by atoms with Gasteiger partial charge in [0.25, 0.3) is 0 Å². The molecule has 0 aliphatic carbocycles. The summed E-state index contributed by atoms with van der Waals surface area (Å²) in [5.41, 5.74) is 8.02. The lowest BCUT2D eigenvalue weighted by atomic mass is 10.2. The Hall–Kier alpha value is -2.93. The van der Waals surface area contributed by atoms with Gasteiger partial charge >= 0.3 is 0 Å². The van der Waals surface area contributed by atoms with Gasteiger partial charge in [0, 0.05) is 24.5 Å². The van der Waals surface area contributed by atoms with Crippen LogP contribution in [0.4, 0.5) is 11.4 Å². The van der Waals surface area contributed by atoms with Crippen LogP contribution in [0.2, 0.25) is 0 Å². The maximum atomic E-state index is 6.07. The summed E-state index contributed by atoms with van der Waals surface area (Å²) in [7, 11) is 1.66. The van der Waals surface area contributed by atoms with Crippen LogP contribution in [-0.4, -0.2) is 43.3 Å². The molecule has 3 N–H and O–H groups in total. The second kappa shape index (κ2) is 8.84. The molecule has 2 aromatic carbocycles. The van der Waals surface area contributed by atoms with Crippen molar-refractivity contribution < 1.29 is 4.74 Å². The first-order valence-electron chi connectivity index (χ1n) is 9.16. The van der Waals surface area contributed by atoms with Crippen LogP contribution in [0.25, 0.3) is 0 Å². The van der Waals surface area contributed by atoms with Crippen molar-refractivity contribution in [3.8, 4) is 5.75 Å². The summed E-state index contributed by atoms with van der Waals surface area (Å²) in [5.74, 6) is 1.94. The first kappa shape index (κ1) is 19.8. The number of hydrogen-bond acceptors (Lipinski definition) is 7. The fourth-order valence-electron chi connectivity index (χ4n) is 3.40. The molecule has 2 aliphatic heterocycles. The summed E-state index contributed by atoms with van der Waals surface area (Å²) in [6, 6.07) is 17.9. The first-order chi connectivity index (χ1) is 13.2. The zero-order valence-corrected chi connectivity index (χ0v) is 16.6. The van der Waals surface area contributed by atoms with Gasteiger partial charge in [0.05, 0.1) is 7.11 Å². The molecule has 2 heterocycles. The molecular weight excluding hydrogens is 376 g/mol. The zero-order valence-electron chi connectivity index (χ0n) is 15.8. The molecule has 0 aromatic heterocycles. The number of nitrogens with two attached hydrogens (primary N) is 1. The van der Waals surface area contributed by atoms with Crippen LogP contribution in [0.1, 0.15) is 12.8 Å². The molecule has 1 saturated heterocycles. The Balaban J connectivity index is 0.00000225. The molecule has 28 heavy (non-hydrogen) atoms. The molecule has 1 unspecified atom stereocenters. The number of anilines is 2. The van der Waals surface area contributed by atoms with Gasteiger partial charge in [-0.05, 0) is 49.2 Å². The van der Waals surface area contributed by atoms with Gasteiger partial charge < -0.3 is 20.7 Å². The Labute approximate surface area is 171 Å². The number of hydrogen-bond donors (Lipinski definition) is 2. The largest absolute Gasteiger partial charge is 0.497 e. The molecule has 2 aliphatic rings. The van der Waals surface area contributed by atoms with E-state index in [9.17, 15) is 0 Å². The number of likely N-dealkylation sites (tertiary alicyclic amines) is 1. The Morgan fingerprint density at radius 2 is 1.71 bits per heavy atom. The molecule has 1 atom stereocenters. The lowest BCUT2D eigenvalue weighted by Gasteiger charge is -2.38. The average molecular weight is 401 g/mol. The molecule has 8 heteroatoms. The fourth-order valence-corrected chi connectivity index (χ4v) is 3.40. The smallest absolute Gasteiger partial charge is 0.222 e. The van der Waals surface area contributed by atoms with Crippen molar-refractivity contribution >= 4 is 35.7 Å². The monoisotopic (exact) mass is 400 g/mol. The van der Waals surface area contributed by atoms with Crippen molar-refractivity contribution in [2.24, 2.45) is 15.7 Å². The molecule has 0 radical (unpaired) electrons. The molecule has 148 valence electrons. The highest BCUT2D eigenvalue weighted by molar-refractivity contribution is 6.06. The van der Waals surface area contributed by atoms with Crippen molar-refractivity contribution in [2.45, 2.75) is 19.1 Å². The third-order valence-corrected chi connectivity index (χ3v) is 4.74. The molecule has 0 spiro atoms. The van der Waals surface area contributed by atoms with Gasteiger partial charge in [0.15, 0.2) is 0 Å². The van der Waals surface area contributed by atoms with Crippen LogP contribution in [0, 0.1) is 0 Å². The second-order valence-electron chi connectivity index (χ2n) is 6.55. The van der Waals surface area contributed by atoms with Gasteiger partial charge in [0.1, 0.15) is 5.75 Å². The lowest BCUT2D eigenvalue weighted by molar-refractivity contribution is 0.415. The first-order valence-corrected chi connectivity index (χ1v) is 9.16. The van der Waals surface area contributed by atoms with E-state index >= 15 is 0 Å². The molecule has 1 fully saturated rings. The fraction of sp³-hybridized carbons (Fsp3) is 0.300. The summed E-state index contributed by atoms with van der Waals surface area (Å²) in [5, 5.41) is 3.46. The Morgan fingerprint density at radius 3 is 2.36 bits per heavy atom. The van der Waals surface area contributed by atoms with E-state index in [2.05, 4.69) is 37.2 Å². The van der Waals surface area contributed by atoms with E-state index < -0.39 is 0 Å². The SMILES string of the molecule is COc1ccc(NC2N=C(N)N=C(N3CCCC3)N2c2ccccc2)cc1.Cl. The maximum absolute atomic E-state index is 6.07. The minimum Gasteiger partial charge on any atom is -0.497 e. The van der Waals surface area contributed by atoms with E-state index in [1.807, 2.05) is 42.5 Å². The summed E-state index contributed by atoms with van der Waals surface area (Å²) >= 11 is 0. The zero-order chi connectivity index (χ0) is 18.6. The minimum absolute atomic E-state index is 0. The summed E-state index contributed by atoms with van der Waals surface area (Å²) < 4.78 is 5.24. The van der Waals surface area contributed by atoms with Crippen LogP contribution in [0.5, 0.6) is 5.75 Å². The predicted molar refractivity (Wildman–Crippen MR) is 116 cm³/mol. The average Bonchev–Trinajstić information content (AvgIpc) is 3.23. The summed E-state index contributed by atoms with van der Waals surface area (Å²) in [6.07, 6.45) is 1.94.